The monoisotopic (exact) mass is 497 g/mol. The third-order valence-corrected chi connectivity index (χ3v) is 5.41. The topological polar surface area (TPSA) is 74.0 Å². The Bertz CT molecular complexity index is 1330. The molecule has 4 aromatic rings. The fourth-order valence-electron chi connectivity index (χ4n) is 3.74. The van der Waals surface area contributed by atoms with Crippen molar-refractivity contribution < 1.29 is 22.7 Å². The van der Waals surface area contributed by atoms with E-state index in [0.717, 1.165) is 27.6 Å². The van der Waals surface area contributed by atoms with Gasteiger partial charge in [0.05, 0.1) is 31.5 Å². The molecule has 2 aromatic carbocycles. The normalized spacial score (nSPS) is 11.5. The number of amides is 1. The lowest BCUT2D eigenvalue weighted by Gasteiger charge is -2.09. The third-order valence-electron chi connectivity index (χ3n) is 5.41. The molecule has 0 radical (unpaired) electrons. The van der Waals surface area contributed by atoms with Crippen LogP contribution in [0.5, 0.6) is 5.75 Å². The number of benzene rings is 2. The van der Waals surface area contributed by atoms with E-state index in [9.17, 15) is 18.0 Å². The summed E-state index contributed by atoms with van der Waals surface area (Å²) in [6.07, 6.45) is 0.0718. The second-order valence-electron chi connectivity index (χ2n) is 8.38. The number of hydrogen-bond acceptors (Lipinski definition) is 4. The van der Waals surface area contributed by atoms with Crippen molar-refractivity contribution in [2.75, 3.05) is 6.61 Å². The van der Waals surface area contributed by atoms with E-state index in [1.54, 1.807) is 30.5 Å². The molecule has 10 heteroatoms. The Morgan fingerprint density at radius 1 is 1.00 bits per heavy atom. The molecule has 1 amide bonds. The first-order valence-corrected chi connectivity index (χ1v) is 11.4. The van der Waals surface area contributed by atoms with Gasteiger partial charge in [-0.3, -0.25) is 14.2 Å². The molecule has 0 atom stereocenters. The molecule has 1 N–H and O–H groups in total. The van der Waals surface area contributed by atoms with Crippen LogP contribution in [0.3, 0.4) is 0 Å². The van der Waals surface area contributed by atoms with E-state index in [0.29, 0.717) is 24.5 Å². The maximum absolute atomic E-state index is 13.6. The number of aryl methyl sites for hydroxylation is 1. The van der Waals surface area contributed by atoms with Gasteiger partial charge in [0.25, 0.3) is 5.91 Å². The molecule has 0 aliphatic rings. The van der Waals surface area contributed by atoms with E-state index < -0.39 is 23.3 Å². The number of carbonyl (C=O) groups excluding carboxylic acids is 1. The van der Waals surface area contributed by atoms with Gasteiger partial charge in [0.1, 0.15) is 5.75 Å². The third kappa shape index (κ3) is 6.32. The van der Waals surface area contributed by atoms with Crippen molar-refractivity contribution in [3.63, 3.8) is 0 Å². The van der Waals surface area contributed by atoms with Crippen LogP contribution < -0.4 is 10.1 Å². The number of hydrogen-bond donors (Lipinski definition) is 1. The highest BCUT2D eigenvalue weighted by Gasteiger charge is 2.39. The zero-order chi connectivity index (χ0) is 25.7. The summed E-state index contributed by atoms with van der Waals surface area (Å²) in [5.41, 5.74) is 1.80. The molecule has 4 rings (SSSR count). The summed E-state index contributed by atoms with van der Waals surface area (Å²) in [5.74, 6) is -0.223. The fourth-order valence-corrected chi connectivity index (χ4v) is 3.74. The Hall–Kier alpha value is -4.08. The van der Waals surface area contributed by atoms with Gasteiger partial charge in [-0.2, -0.15) is 23.4 Å². The van der Waals surface area contributed by atoms with E-state index in [-0.39, 0.29) is 13.1 Å². The predicted octanol–water partition coefficient (Wildman–Crippen LogP) is 4.83. The molecule has 0 saturated heterocycles. The minimum absolute atomic E-state index is 0.0550. The van der Waals surface area contributed by atoms with Gasteiger partial charge < -0.3 is 10.1 Å². The van der Waals surface area contributed by atoms with Crippen LogP contribution in [0.1, 0.15) is 45.2 Å². The number of ether oxygens (including phenoxy) is 1. The van der Waals surface area contributed by atoms with Crippen LogP contribution in [-0.4, -0.2) is 32.1 Å². The zero-order valence-electron chi connectivity index (χ0n) is 19.9. The van der Waals surface area contributed by atoms with E-state index in [4.69, 9.17) is 4.74 Å². The molecule has 0 bridgehead atoms. The molecule has 2 heterocycles. The Morgan fingerprint density at radius 3 is 2.31 bits per heavy atom. The largest absolute Gasteiger partial charge is 0.494 e. The van der Waals surface area contributed by atoms with Crippen molar-refractivity contribution in [3.8, 4) is 5.75 Å². The van der Waals surface area contributed by atoms with Crippen LogP contribution >= 0.6 is 0 Å². The Kier molecular flexibility index (Phi) is 7.42. The molecular formula is C26H26F3N5O2. The van der Waals surface area contributed by atoms with Gasteiger partial charge >= 0.3 is 6.18 Å². The zero-order valence-corrected chi connectivity index (χ0v) is 19.9. The molecule has 0 saturated carbocycles. The van der Waals surface area contributed by atoms with Gasteiger partial charge in [-0.25, -0.2) is 0 Å². The summed E-state index contributed by atoms with van der Waals surface area (Å²) in [6, 6.07) is 14.5. The number of nitrogens with zero attached hydrogens (tertiary/aromatic N) is 4. The van der Waals surface area contributed by atoms with Crippen molar-refractivity contribution in [3.05, 3.63) is 101 Å². The maximum atomic E-state index is 13.6. The summed E-state index contributed by atoms with van der Waals surface area (Å²) in [7, 11) is 0. The highest BCUT2D eigenvalue weighted by atomic mass is 19.4. The van der Waals surface area contributed by atoms with Crippen LogP contribution in [0.2, 0.25) is 0 Å². The molecule has 0 aliphatic carbocycles. The van der Waals surface area contributed by atoms with Gasteiger partial charge in [-0.05, 0) is 48.2 Å². The van der Waals surface area contributed by atoms with Crippen molar-refractivity contribution >= 4 is 5.91 Å². The van der Waals surface area contributed by atoms with Gasteiger partial charge in [-0.15, -0.1) is 0 Å². The lowest BCUT2D eigenvalue weighted by molar-refractivity contribution is -0.141. The summed E-state index contributed by atoms with van der Waals surface area (Å²) in [4.78, 5) is 12.7. The van der Waals surface area contributed by atoms with Gasteiger partial charge in [-0.1, -0.05) is 36.4 Å². The Morgan fingerprint density at radius 2 is 1.69 bits per heavy atom. The lowest BCUT2D eigenvalue weighted by atomic mass is 10.1. The minimum atomic E-state index is -4.77. The number of carbonyl (C=O) groups is 1. The molecule has 0 fully saturated rings. The maximum Gasteiger partial charge on any atom is 0.435 e. The highest BCUT2D eigenvalue weighted by Crippen LogP contribution is 2.31. The molecule has 0 unspecified atom stereocenters. The Balaban J connectivity index is 1.46. The minimum Gasteiger partial charge on any atom is -0.494 e. The van der Waals surface area contributed by atoms with Crippen LogP contribution in [-0.2, 0) is 25.8 Å². The van der Waals surface area contributed by atoms with Gasteiger partial charge in [0.2, 0.25) is 0 Å². The van der Waals surface area contributed by atoms with E-state index in [2.05, 4.69) is 15.5 Å². The Labute approximate surface area is 206 Å². The molecule has 0 aliphatic heterocycles. The standard InChI is InChI=1S/C26H26F3N5O2/c1-3-36-22-6-4-5-21(11-22)13-30-25(35)23-17-34(32-24(23)26(27,28)29)16-20-9-7-19(8-10-20)15-33-14-18(2)12-31-33/h4-12,14,17H,3,13,15-16H2,1-2H3,(H,30,35). The summed E-state index contributed by atoms with van der Waals surface area (Å²) < 4.78 is 49.3. The number of aromatic nitrogens is 4. The average Bonchev–Trinajstić information content (AvgIpc) is 3.45. The van der Waals surface area contributed by atoms with Crippen LogP contribution in [0.4, 0.5) is 13.2 Å². The van der Waals surface area contributed by atoms with Crippen molar-refractivity contribution in [1.29, 1.82) is 0 Å². The lowest BCUT2D eigenvalue weighted by Crippen LogP contribution is -2.25. The van der Waals surface area contributed by atoms with Crippen molar-refractivity contribution in [2.45, 2.75) is 39.7 Å². The van der Waals surface area contributed by atoms with Gasteiger partial charge in [0.15, 0.2) is 5.69 Å². The SMILES string of the molecule is CCOc1cccc(CNC(=O)c2cn(Cc3ccc(Cn4cc(C)cn4)cc3)nc2C(F)(F)F)c1. The molecule has 2 aromatic heterocycles. The second-order valence-corrected chi connectivity index (χ2v) is 8.38. The highest BCUT2D eigenvalue weighted by molar-refractivity contribution is 5.95. The number of alkyl halides is 3. The molecule has 36 heavy (non-hydrogen) atoms. The first kappa shape index (κ1) is 25.0. The fraction of sp³-hybridized carbons (Fsp3) is 0.269. The summed E-state index contributed by atoms with van der Waals surface area (Å²) in [5, 5.41) is 10.5. The molecular weight excluding hydrogens is 471 g/mol. The van der Waals surface area contributed by atoms with E-state index in [1.807, 2.05) is 49.0 Å². The predicted molar refractivity (Wildman–Crippen MR) is 128 cm³/mol. The number of halogens is 3. The smallest absolute Gasteiger partial charge is 0.435 e. The van der Waals surface area contributed by atoms with Crippen molar-refractivity contribution in [1.82, 2.24) is 24.9 Å². The first-order chi connectivity index (χ1) is 17.2. The van der Waals surface area contributed by atoms with Crippen LogP contribution in [0.25, 0.3) is 0 Å². The number of rotatable bonds is 9. The van der Waals surface area contributed by atoms with Crippen LogP contribution in [0.15, 0.2) is 67.1 Å². The number of nitrogens with one attached hydrogen (secondary N) is 1. The average molecular weight is 498 g/mol. The van der Waals surface area contributed by atoms with E-state index in [1.165, 1.54) is 0 Å². The second kappa shape index (κ2) is 10.7. The first-order valence-electron chi connectivity index (χ1n) is 11.4. The molecule has 188 valence electrons. The molecule has 7 nitrogen and oxygen atoms in total. The van der Waals surface area contributed by atoms with Crippen LogP contribution in [0, 0.1) is 6.92 Å². The summed E-state index contributed by atoms with van der Waals surface area (Å²) in [6.45, 7) is 5.03. The molecule has 0 spiro atoms. The van der Waals surface area contributed by atoms with Gasteiger partial charge in [0, 0.05) is 18.9 Å². The van der Waals surface area contributed by atoms with E-state index >= 15 is 0 Å². The quantitative estimate of drug-likeness (QED) is 0.360. The summed E-state index contributed by atoms with van der Waals surface area (Å²) >= 11 is 0. The van der Waals surface area contributed by atoms with Crippen molar-refractivity contribution in [2.24, 2.45) is 0 Å².